The topological polar surface area (TPSA) is 35.8 Å². The Morgan fingerprint density at radius 3 is 2.50 bits per heavy atom. The van der Waals surface area contributed by atoms with Crippen LogP contribution in [-0.2, 0) is 6.54 Å². The molecule has 4 aromatic rings. The average molecular weight is 481 g/mol. The zero-order valence-corrected chi connectivity index (χ0v) is 19.0. The molecular weight excluding hydrogens is 460 g/mol. The highest BCUT2D eigenvalue weighted by Crippen LogP contribution is 2.33. The van der Waals surface area contributed by atoms with Gasteiger partial charge in [0.2, 0.25) is 6.79 Å². The van der Waals surface area contributed by atoms with E-state index in [-0.39, 0.29) is 23.8 Å². The smallest absolute Gasteiger partial charge is 0.231 e. The fourth-order valence-corrected chi connectivity index (χ4v) is 4.29. The van der Waals surface area contributed by atoms with Gasteiger partial charge >= 0.3 is 0 Å². The lowest BCUT2D eigenvalue weighted by atomic mass is 10.1. The van der Waals surface area contributed by atoms with Crippen molar-refractivity contribution < 1.29 is 9.47 Å². The molecule has 30 heavy (non-hydrogen) atoms. The molecule has 0 unspecified atom stereocenters. The van der Waals surface area contributed by atoms with E-state index in [4.69, 9.17) is 14.5 Å². The summed E-state index contributed by atoms with van der Waals surface area (Å²) >= 11 is 1.66. The Bertz CT molecular complexity index is 1210. The van der Waals surface area contributed by atoms with Crippen LogP contribution in [0.4, 0.5) is 5.69 Å². The molecule has 3 aromatic carbocycles. The number of thiazole rings is 1. The van der Waals surface area contributed by atoms with Gasteiger partial charge in [-0.15, -0.1) is 28.3 Å². The van der Waals surface area contributed by atoms with E-state index in [0.29, 0.717) is 6.54 Å². The first-order valence-corrected chi connectivity index (χ1v) is 10.4. The van der Waals surface area contributed by atoms with E-state index in [0.717, 1.165) is 33.2 Å². The number of ether oxygens (including phenoxy) is 2. The molecule has 1 aromatic heterocycles. The molecule has 0 radical (unpaired) electrons. The third-order valence-electron chi connectivity index (χ3n) is 4.90. The zero-order chi connectivity index (χ0) is 19.6. The molecule has 6 heteroatoms. The van der Waals surface area contributed by atoms with Crippen LogP contribution in [0.15, 0.2) is 83.2 Å². The summed E-state index contributed by atoms with van der Waals surface area (Å²) in [6, 6.07) is 24.8. The lowest BCUT2D eigenvalue weighted by Gasteiger charge is -2.10. The molecule has 1 aliphatic rings. The first-order valence-electron chi connectivity index (χ1n) is 9.50. The first kappa shape index (κ1) is 20.4. The number of hydrogen-bond donors (Lipinski definition) is 0. The Kier molecular flexibility index (Phi) is 6.06. The lowest BCUT2D eigenvalue weighted by molar-refractivity contribution is 0.174. The van der Waals surface area contributed by atoms with Crippen molar-refractivity contribution in [1.29, 1.82) is 0 Å². The predicted molar refractivity (Wildman–Crippen MR) is 126 cm³/mol. The summed E-state index contributed by atoms with van der Waals surface area (Å²) in [6.07, 6.45) is 0. The van der Waals surface area contributed by atoms with Gasteiger partial charge in [-0.1, -0.05) is 54.1 Å². The Morgan fingerprint density at radius 2 is 1.70 bits per heavy atom. The summed E-state index contributed by atoms with van der Waals surface area (Å²) in [5.74, 6) is 1.61. The quantitative estimate of drug-likeness (QED) is 0.353. The van der Waals surface area contributed by atoms with Gasteiger partial charge in [-0.25, -0.2) is 4.99 Å². The maximum absolute atomic E-state index is 5.56. The van der Waals surface area contributed by atoms with Gasteiger partial charge in [0.1, 0.15) is 0 Å². The van der Waals surface area contributed by atoms with Gasteiger partial charge in [-0.3, -0.25) is 0 Å². The molecule has 1 aliphatic heterocycles. The standard InChI is InChI=1S/C24H20N2O2S.BrH/c1-17-7-10-19(11-8-17)21-15-29-24(25-20-5-3-2-4-6-20)26(21)14-18-9-12-22-23(13-18)28-16-27-22;/h2-13,15H,14,16H2,1H3;1H. The second-order valence-electron chi connectivity index (χ2n) is 6.99. The zero-order valence-electron chi connectivity index (χ0n) is 16.4. The van der Waals surface area contributed by atoms with Crippen molar-refractivity contribution in [2.45, 2.75) is 13.5 Å². The van der Waals surface area contributed by atoms with Crippen LogP contribution in [0.2, 0.25) is 0 Å². The van der Waals surface area contributed by atoms with Crippen molar-refractivity contribution in [3.8, 4) is 22.8 Å². The Labute approximate surface area is 189 Å². The summed E-state index contributed by atoms with van der Waals surface area (Å²) in [4.78, 5) is 5.86. The molecule has 0 atom stereocenters. The van der Waals surface area contributed by atoms with Gasteiger partial charge < -0.3 is 14.0 Å². The predicted octanol–water partition coefficient (Wildman–Crippen LogP) is 6.11. The van der Waals surface area contributed by atoms with Gasteiger partial charge in [0.05, 0.1) is 17.9 Å². The highest BCUT2D eigenvalue weighted by Gasteiger charge is 2.15. The van der Waals surface area contributed by atoms with E-state index < -0.39 is 0 Å². The molecule has 0 aliphatic carbocycles. The van der Waals surface area contributed by atoms with Crippen LogP contribution >= 0.6 is 28.3 Å². The van der Waals surface area contributed by atoms with E-state index in [1.54, 1.807) is 11.3 Å². The van der Waals surface area contributed by atoms with Gasteiger partial charge in [0.15, 0.2) is 16.3 Å². The molecule has 0 amide bonds. The van der Waals surface area contributed by atoms with Crippen molar-refractivity contribution >= 4 is 34.0 Å². The fourth-order valence-electron chi connectivity index (χ4n) is 3.36. The molecule has 2 heterocycles. The minimum atomic E-state index is 0. The number of hydrogen-bond acceptors (Lipinski definition) is 4. The van der Waals surface area contributed by atoms with Crippen LogP contribution in [0, 0.1) is 6.92 Å². The monoisotopic (exact) mass is 480 g/mol. The number of rotatable bonds is 4. The number of para-hydroxylation sites is 1. The van der Waals surface area contributed by atoms with Crippen LogP contribution in [0.3, 0.4) is 0 Å². The number of aromatic nitrogens is 1. The molecule has 152 valence electrons. The number of fused-ring (bicyclic) bond motifs is 1. The maximum atomic E-state index is 5.56. The van der Waals surface area contributed by atoms with E-state index in [2.05, 4.69) is 53.3 Å². The second-order valence-corrected chi connectivity index (χ2v) is 7.83. The molecule has 5 rings (SSSR count). The van der Waals surface area contributed by atoms with Crippen LogP contribution in [-0.4, -0.2) is 11.4 Å². The SMILES string of the molecule is Br.Cc1ccc(-c2csc(=Nc3ccccc3)n2Cc2ccc3c(c2)OCO3)cc1. The van der Waals surface area contributed by atoms with E-state index in [1.807, 2.05) is 36.4 Å². The maximum Gasteiger partial charge on any atom is 0.231 e. The first-order chi connectivity index (χ1) is 14.3. The number of halogens is 1. The summed E-state index contributed by atoms with van der Waals surface area (Å²) < 4.78 is 13.3. The lowest BCUT2D eigenvalue weighted by Crippen LogP contribution is -2.16. The second kappa shape index (κ2) is 8.90. The third kappa shape index (κ3) is 4.20. The van der Waals surface area contributed by atoms with Crippen molar-refractivity contribution in [2.24, 2.45) is 4.99 Å². The minimum Gasteiger partial charge on any atom is -0.454 e. The molecule has 0 fully saturated rings. The normalized spacial score (nSPS) is 12.6. The van der Waals surface area contributed by atoms with Crippen LogP contribution in [0.25, 0.3) is 11.3 Å². The average Bonchev–Trinajstić information content (AvgIpc) is 3.37. The van der Waals surface area contributed by atoms with Crippen molar-refractivity contribution in [3.05, 3.63) is 94.1 Å². The summed E-state index contributed by atoms with van der Waals surface area (Å²) in [5.41, 5.74) is 5.68. The summed E-state index contributed by atoms with van der Waals surface area (Å²) in [6.45, 7) is 3.09. The fraction of sp³-hybridized carbons (Fsp3) is 0.125. The molecule has 4 nitrogen and oxygen atoms in total. The molecule has 0 bridgehead atoms. The number of nitrogens with zero attached hydrogens (tertiary/aromatic N) is 2. The Morgan fingerprint density at radius 1 is 0.933 bits per heavy atom. The Balaban J connectivity index is 0.00000218. The summed E-state index contributed by atoms with van der Waals surface area (Å²) in [7, 11) is 0. The summed E-state index contributed by atoms with van der Waals surface area (Å²) in [5, 5.41) is 2.18. The van der Waals surface area contributed by atoms with Crippen molar-refractivity contribution in [2.75, 3.05) is 6.79 Å². The molecule has 0 saturated carbocycles. The van der Waals surface area contributed by atoms with Crippen LogP contribution in [0.1, 0.15) is 11.1 Å². The van der Waals surface area contributed by atoms with Gasteiger partial charge in [0.25, 0.3) is 0 Å². The van der Waals surface area contributed by atoms with E-state index in [1.165, 1.54) is 11.1 Å². The van der Waals surface area contributed by atoms with Gasteiger partial charge in [-0.05, 0) is 42.3 Å². The van der Waals surface area contributed by atoms with Gasteiger partial charge in [-0.2, -0.15) is 0 Å². The number of benzene rings is 3. The highest BCUT2D eigenvalue weighted by atomic mass is 79.9. The van der Waals surface area contributed by atoms with Crippen molar-refractivity contribution in [3.63, 3.8) is 0 Å². The third-order valence-corrected chi connectivity index (χ3v) is 5.77. The molecule has 0 spiro atoms. The largest absolute Gasteiger partial charge is 0.454 e. The molecule has 0 N–H and O–H groups in total. The van der Waals surface area contributed by atoms with Crippen molar-refractivity contribution in [1.82, 2.24) is 4.57 Å². The van der Waals surface area contributed by atoms with E-state index in [9.17, 15) is 0 Å². The number of aryl methyl sites for hydroxylation is 1. The minimum absolute atomic E-state index is 0. The Hall–Kier alpha value is -2.83. The molecular formula is C24H21BrN2O2S. The van der Waals surface area contributed by atoms with Gasteiger partial charge in [0, 0.05) is 5.38 Å². The van der Waals surface area contributed by atoms with Crippen LogP contribution in [0.5, 0.6) is 11.5 Å². The van der Waals surface area contributed by atoms with E-state index >= 15 is 0 Å². The highest BCUT2D eigenvalue weighted by molar-refractivity contribution is 8.93. The molecule has 0 saturated heterocycles. The van der Waals surface area contributed by atoms with Crippen LogP contribution < -0.4 is 14.3 Å².